The summed E-state index contributed by atoms with van der Waals surface area (Å²) in [7, 11) is 1.77. The molecule has 4 aliphatic rings. The van der Waals surface area contributed by atoms with Gasteiger partial charge in [-0.1, -0.05) is 36.3 Å². The Bertz CT molecular complexity index is 1380. The average molecular weight is 513 g/mol. The maximum atomic E-state index is 13.3. The number of likely N-dealkylation sites (N-methyl/N-ethyl adjacent to an activating group) is 1. The van der Waals surface area contributed by atoms with E-state index in [0.29, 0.717) is 38.0 Å². The number of esters is 1. The summed E-state index contributed by atoms with van der Waals surface area (Å²) < 4.78 is 13.0. The van der Waals surface area contributed by atoms with Crippen LogP contribution in [0.4, 0.5) is 0 Å². The highest BCUT2D eigenvalue weighted by atomic mass is 16.6. The van der Waals surface area contributed by atoms with Crippen LogP contribution in [0.2, 0.25) is 0 Å². The van der Waals surface area contributed by atoms with Gasteiger partial charge in [-0.25, -0.2) is 0 Å². The number of aromatic hydroxyl groups is 1. The van der Waals surface area contributed by atoms with Crippen molar-refractivity contribution in [1.29, 1.82) is 0 Å². The van der Waals surface area contributed by atoms with Crippen molar-refractivity contribution in [3.05, 3.63) is 71.8 Å². The fourth-order valence-electron chi connectivity index (χ4n) is 7.71. The van der Waals surface area contributed by atoms with Crippen molar-refractivity contribution in [1.82, 2.24) is 9.80 Å². The lowest BCUT2D eigenvalue weighted by Crippen LogP contribution is -2.79. The van der Waals surface area contributed by atoms with Gasteiger partial charge in [0.05, 0.1) is 17.5 Å². The van der Waals surface area contributed by atoms with Crippen LogP contribution >= 0.6 is 0 Å². The highest BCUT2D eigenvalue weighted by molar-refractivity contribution is 5.94. The van der Waals surface area contributed by atoms with Crippen LogP contribution in [0.15, 0.2) is 55.1 Å². The van der Waals surface area contributed by atoms with Crippen LogP contribution in [-0.4, -0.2) is 70.7 Å². The van der Waals surface area contributed by atoms with Gasteiger partial charge in [-0.2, -0.15) is 0 Å². The molecular weight excluding hydrogens is 480 g/mol. The van der Waals surface area contributed by atoms with E-state index in [9.17, 15) is 14.7 Å². The molecule has 7 heteroatoms. The second kappa shape index (κ2) is 8.92. The molecule has 1 N–H and O–H groups in total. The van der Waals surface area contributed by atoms with Gasteiger partial charge in [0.25, 0.3) is 5.91 Å². The van der Waals surface area contributed by atoms with Crippen molar-refractivity contribution >= 4 is 11.9 Å². The molecule has 2 fully saturated rings. The zero-order chi connectivity index (χ0) is 26.7. The number of rotatable bonds is 4. The molecule has 0 radical (unpaired) electrons. The lowest BCUT2D eigenvalue weighted by atomic mass is 9.48. The molecule has 2 heterocycles. The lowest BCUT2D eigenvalue weighted by Gasteiger charge is -2.65. The maximum absolute atomic E-state index is 13.3. The third kappa shape index (κ3) is 3.33. The maximum Gasteiger partial charge on any atom is 0.303 e. The molecule has 6 rings (SSSR count). The molecule has 38 heavy (non-hydrogen) atoms. The summed E-state index contributed by atoms with van der Waals surface area (Å²) in [4.78, 5) is 30.0. The predicted molar refractivity (Wildman–Crippen MR) is 142 cm³/mol. The van der Waals surface area contributed by atoms with Gasteiger partial charge in [-0.05, 0) is 49.4 Å². The van der Waals surface area contributed by atoms with E-state index in [4.69, 9.17) is 9.47 Å². The second-order valence-corrected chi connectivity index (χ2v) is 10.8. The van der Waals surface area contributed by atoms with Crippen molar-refractivity contribution in [3.63, 3.8) is 0 Å². The minimum atomic E-state index is -0.840. The first kappa shape index (κ1) is 24.6. The Hall–Kier alpha value is -3.76. The van der Waals surface area contributed by atoms with Crippen LogP contribution in [0.5, 0.6) is 11.5 Å². The minimum Gasteiger partial charge on any atom is -0.504 e. The highest BCUT2D eigenvalue weighted by Crippen LogP contribution is 2.67. The van der Waals surface area contributed by atoms with Crippen LogP contribution in [-0.2, 0) is 26.2 Å². The number of piperidine rings is 1. The van der Waals surface area contributed by atoms with Crippen LogP contribution in [0.25, 0.3) is 0 Å². The van der Waals surface area contributed by atoms with Crippen molar-refractivity contribution in [2.75, 3.05) is 20.1 Å². The lowest BCUT2D eigenvalue weighted by molar-refractivity contribution is -0.222. The molecule has 1 spiro atoms. The smallest absolute Gasteiger partial charge is 0.303 e. The van der Waals surface area contributed by atoms with Gasteiger partial charge >= 0.3 is 5.97 Å². The van der Waals surface area contributed by atoms with E-state index in [1.165, 1.54) is 6.92 Å². The summed E-state index contributed by atoms with van der Waals surface area (Å²) >= 11 is 0. The summed E-state index contributed by atoms with van der Waals surface area (Å²) in [6, 6.07) is 12.7. The summed E-state index contributed by atoms with van der Waals surface area (Å²) in [5.74, 6) is 5.67. The molecule has 0 aromatic heterocycles. The van der Waals surface area contributed by atoms with Gasteiger partial charge in [-0.15, -0.1) is 6.58 Å². The van der Waals surface area contributed by atoms with Crippen molar-refractivity contribution in [2.45, 2.75) is 61.8 Å². The predicted octanol–water partition coefficient (Wildman–Crippen LogP) is 3.18. The Balaban J connectivity index is 1.46. The van der Waals surface area contributed by atoms with E-state index in [0.717, 1.165) is 23.2 Å². The normalized spacial score (nSPS) is 30.2. The van der Waals surface area contributed by atoms with Gasteiger partial charge in [0, 0.05) is 44.1 Å². The Morgan fingerprint density at radius 3 is 2.79 bits per heavy atom. The molecule has 196 valence electrons. The van der Waals surface area contributed by atoms with E-state index in [2.05, 4.69) is 23.3 Å². The Kier molecular flexibility index (Phi) is 5.77. The van der Waals surface area contributed by atoms with Gasteiger partial charge in [0.2, 0.25) is 0 Å². The number of carbonyl (C=O) groups excluding carboxylic acids is 2. The first-order valence-electron chi connectivity index (χ1n) is 13.2. The van der Waals surface area contributed by atoms with E-state index in [-0.39, 0.29) is 29.7 Å². The molecule has 5 atom stereocenters. The van der Waals surface area contributed by atoms with Crippen molar-refractivity contribution in [3.8, 4) is 23.3 Å². The number of phenols is 1. The monoisotopic (exact) mass is 512 g/mol. The minimum absolute atomic E-state index is 0.0629. The van der Waals surface area contributed by atoms with E-state index in [1.54, 1.807) is 18.0 Å². The van der Waals surface area contributed by atoms with E-state index < -0.39 is 17.1 Å². The standard InChI is InChI=1S/C31H32N2O5/c1-4-17-33-18-16-30-27-22-11-12-24(35)28(27)37-29(30)23(14-15-31(30,25(33)19-22)38-20(2)34)32(3)26(36)13-10-21-8-6-5-7-9-21/h4-9,11-12,23,25,29,35H,1,14-19H2,2-3H3/t23-,25+,29-,30-,31+/m0/s1. The zero-order valence-electron chi connectivity index (χ0n) is 21.8. The van der Waals surface area contributed by atoms with Crippen molar-refractivity contribution in [2.24, 2.45) is 0 Å². The molecule has 0 unspecified atom stereocenters. The van der Waals surface area contributed by atoms with Crippen LogP contribution < -0.4 is 4.74 Å². The number of hydrogen-bond acceptors (Lipinski definition) is 6. The Morgan fingerprint density at radius 2 is 2.05 bits per heavy atom. The summed E-state index contributed by atoms with van der Waals surface area (Å²) in [6.07, 6.45) is 3.92. The molecule has 2 aliphatic carbocycles. The average Bonchev–Trinajstić information content (AvgIpc) is 3.26. The number of amides is 1. The largest absolute Gasteiger partial charge is 0.504 e. The van der Waals surface area contributed by atoms with E-state index in [1.807, 2.05) is 42.5 Å². The van der Waals surface area contributed by atoms with Gasteiger partial charge in [-0.3, -0.25) is 14.5 Å². The highest BCUT2D eigenvalue weighted by Gasteiger charge is 2.75. The summed E-state index contributed by atoms with van der Waals surface area (Å²) in [5.41, 5.74) is 1.29. The SMILES string of the molecule is C=CCN1CC[C@]23c4c5ccc(O)c4O[C@H]2[C@@H](N(C)C(=O)C#Cc2ccccc2)CC[C@@]3(OC(C)=O)[C@H]1C5. The topological polar surface area (TPSA) is 79.3 Å². The first-order valence-corrected chi connectivity index (χ1v) is 13.2. The number of carbonyl (C=O) groups is 2. The molecular formula is C31H32N2O5. The van der Waals surface area contributed by atoms with Gasteiger partial charge in [0.15, 0.2) is 11.5 Å². The van der Waals surface area contributed by atoms with Crippen LogP contribution in [0.3, 0.4) is 0 Å². The third-order valence-corrected chi connectivity index (χ3v) is 9.10. The molecule has 7 nitrogen and oxygen atoms in total. The molecule has 1 saturated heterocycles. The van der Waals surface area contributed by atoms with Gasteiger partial charge in [0.1, 0.15) is 11.7 Å². The van der Waals surface area contributed by atoms with Crippen LogP contribution in [0, 0.1) is 11.8 Å². The Morgan fingerprint density at radius 1 is 1.26 bits per heavy atom. The number of phenolic OH excluding ortho intramolecular Hbond substituents is 1. The quantitative estimate of drug-likeness (QED) is 0.385. The third-order valence-electron chi connectivity index (χ3n) is 9.10. The Labute approximate surface area is 223 Å². The molecule has 2 aliphatic heterocycles. The van der Waals surface area contributed by atoms with E-state index >= 15 is 0 Å². The summed E-state index contributed by atoms with van der Waals surface area (Å²) in [6.45, 7) is 6.88. The fraction of sp³-hybridized carbons (Fsp3) is 0.419. The molecule has 1 saturated carbocycles. The molecule has 1 amide bonds. The number of likely N-dealkylation sites (tertiary alicyclic amines) is 1. The van der Waals surface area contributed by atoms with Crippen molar-refractivity contribution < 1.29 is 24.2 Å². The van der Waals surface area contributed by atoms with Gasteiger partial charge < -0.3 is 19.5 Å². The molecule has 2 bridgehead atoms. The summed E-state index contributed by atoms with van der Waals surface area (Å²) in [5, 5.41) is 10.9. The first-order chi connectivity index (χ1) is 18.3. The molecule has 2 aromatic carbocycles. The fourth-order valence-corrected chi connectivity index (χ4v) is 7.71. The van der Waals surface area contributed by atoms with Crippen LogP contribution in [0.1, 0.15) is 42.9 Å². The number of hydrogen-bond donors (Lipinski definition) is 1. The number of nitrogens with zero attached hydrogens (tertiary/aromatic N) is 2. The number of ether oxygens (including phenoxy) is 2. The number of benzene rings is 2. The molecule has 2 aromatic rings. The zero-order valence-corrected chi connectivity index (χ0v) is 21.8. The second-order valence-electron chi connectivity index (χ2n) is 10.8.